The van der Waals surface area contributed by atoms with Gasteiger partial charge in [0.2, 0.25) is 5.78 Å². The van der Waals surface area contributed by atoms with Crippen molar-refractivity contribution in [2.45, 2.75) is 6.42 Å². The van der Waals surface area contributed by atoms with Crippen molar-refractivity contribution in [2.75, 3.05) is 14.2 Å². The van der Waals surface area contributed by atoms with Crippen LogP contribution in [0.2, 0.25) is 0 Å². The van der Waals surface area contributed by atoms with Crippen molar-refractivity contribution in [3.63, 3.8) is 0 Å². The van der Waals surface area contributed by atoms with E-state index >= 15 is 0 Å². The number of benzene rings is 1. The van der Waals surface area contributed by atoms with Crippen LogP contribution in [0.25, 0.3) is 0 Å². The van der Waals surface area contributed by atoms with Gasteiger partial charge in [-0.25, -0.2) is 0 Å². The lowest BCUT2D eigenvalue weighted by atomic mass is 10.1. The average Bonchev–Trinajstić information content (AvgIpc) is 2.65. The molecule has 1 aliphatic rings. The monoisotopic (exact) mass is 221 g/mol. The molecular formula is C11H11NO4. The Morgan fingerprint density at radius 3 is 2.62 bits per heavy atom. The predicted octanol–water partition coefficient (Wildman–Crippen LogP) is 1.27. The molecular weight excluding hydrogens is 210 g/mol. The number of carbonyl (C=O) groups is 1. The molecule has 0 aromatic heterocycles. The zero-order valence-electron chi connectivity index (χ0n) is 8.98. The second-order valence-electron chi connectivity index (χ2n) is 3.42. The van der Waals surface area contributed by atoms with Gasteiger partial charge in [0, 0.05) is 12.5 Å². The Morgan fingerprint density at radius 1 is 1.31 bits per heavy atom. The Kier molecular flexibility index (Phi) is 2.52. The summed E-state index contributed by atoms with van der Waals surface area (Å²) in [6.07, 6.45) is 0.304. The van der Waals surface area contributed by atoms with Gasteiger partial charge in [0.1, 0.15) is 17.2 Å². The van der Waals surface area contributed by atoms with Crippen LogP contribution < -0.4 is 9.47 Å². The van der Waals surface area contributed by atoms with Gasteiger partial charge in [-0.3, -0.25) is 4.79 Å². The third kappa shape index (κ3) is 1.41. The first-order valence-corrected chi connectivity index (χ1v) is 4.71. The van der Waals surface area contributed by atoms with Crippen LogP contribution in [0, 0.1) is 0 Å². The number of methoxy groups -OCH3 is 2. The molecule has 5 nitrogen and oxygen atoms in total. The fourth-order valence-corrected chi connectivity index (χ4v) is 1.81. The summed E-state index contributed by atoms with van der Waals surface area (Å²) in [6, 6.07) is 3.38. The lowest BCUT2D eigenvalue weighted by Gasteiger charge is -2.08. The molecule has 0 saturated heterocycles. The summed E-state index contributed by atoms with van der Waals surface area (Å²) in [6.45, 7) is 0. The van der Waals surface area contributed by atoms with E-state index < -0.39 is 0 Å². The van der Waals surface area contributed by atoms with E-state index in [-0.39, 0.29) is 11.5 Å². The molecule has 0 saturated carbocycles. The molecule has 0 fully saturated rings. The smallest absolute Gasteiger partial charge is 0.214 e. The van der Waals surface area contributed by atoms with Crippen LogP contribution in [0.5, 0.6) is 11.5 Å². The number of hydrogen-bond donors (Lipinski definition) is 1. The molecule has 1 aromatic rings. The van der Waals surface area contributed by atoms with Gasteiger partial charge in [-0.1, -0.05) is 5.16 Å². The maximum atomic E-state index is 11.8. The quantitative estimate of drug-likeness (QED) is 0.603. The third-order valence-electron chi connectivity index (χ3n) is 2.58. The number of Topliss-reactive ketones (excluding diaryl/α,β-unsaturated/α-hetero) is 1. The van der Waals surface area contributed by atoms with Gasteiger partial charge in [0.25, 0.3) is 0 Å². The predicted molar refractivity (Wildman–Crippen MR) is 56.8 cm³/mol. The zero-order valence-corrected chi connectivity index (χ0v) is 8.98. The van der Waals surface area contributed by atoms with E-state index in [2.05, 4.69) is 5.16 Å². The molecule has 0 aliphatic heterocycles. The van der Waals surface area contributed by atoms with Gasteiger partial charge in [-0.15, -0.1) is 0 Å². The Balaban J connectivity index is 2.60. The molecule has 0 radical (unpaired) electrons. The number of oxime groups is 1. The number of nitrogens with zero attached hydrogens (tertiary/aromatic N) is 1. The summed E-state index contributed by atoms with van der Waals surface area (Å²) in [5.74, 6) is 0.762. The second-order valence-corrected chi connectivity index (χ2v) is 3.42. The van der Waals surface area contributed by atoms with E-state index in [1.54, 1.807) is 19.2 Å². The SMILES string of the molecule is COc1cc2c(c(OC)c1)C(=O)/C(=N/O)C2. The van der Waals surface area contributed by atoms with Crippen LogP contribution in [0.15, 0.2) is 17.3 Å². The highest BCUT2D eigenvalue weighted by molar-refractivity contribution is 6.50. The van der Waals surface area contributed by atoms with Gasteiger partial charge >= 0.3 is 0 Å². The fourth-order valence-electron chi connectivity index (χ4n) is 1.81. The minimum absolute atomic E-state index is 0.126. The molecule has 1 aromatic carbocycles. The average molecular weight is 221 g/mol. The zero-order chi connectivity index (χ0) is 11.7. The standard InChI is InChI=1S/C11H11NO4/c1-15-7-3-6-4-8(12-14)11(13)10(6)9(5-7)16-2/h3,5,14H,4H2,1-2H3/b12-8+. The first-order chi connectivity index (χ1) is 7.71. The molecule has 1 aliphatic carbocycles. The molecule has 16 heavy (non-hydrogen) atoms. The topological polar surface area (TPSA) is 68.1 Å². The molecule has 5 heteroatoms. The highest BCUT2D eigenvalue weighted by Crippen LogP contribution is 2.33. The lowest BCUT2D eigenvalue weighted by molar-refractivity contribution is 0.106. The van der Waals surface area contributed by atoms with Crippen LogP contribution >= 0.6 is 0 Å². The molecule has 0 spiro atoms. The first kappa shape index (κ1) is 10.5. The van der Waals surface area contributed by atoms with Crippen molar-refractivity contribution < 1.29 is 19.5 Å². The Morgan fingerprint density at radius 2 is 2.06 bits per heavy atom. The lowest BCUT2D eigenvalue weighted by Crippen LogP contribution is -2.08. The third-order valence-corrected chi connectivity index (χ3v) is 2.58. The summed E-state index contributed by atoms with van der Waals surface area (Å²) in [5, 5.41) is 11.7. The van der Waals surface area contributed by atoms with Gasteiger partial charge < -0.3 is 14.7 Å². The summed E-state index contributed by atoms with van der Waals surface area (Å²) in [4.78, 5) is 11.8. The summed E-state index contributed by atoms with van der Waals surface area (Å²) >= 11 is 0. The maximum Gasteiger partial charge on any atom is 0.214 e. The summed E-state index contributed by atoms with van der Waals surface area (Å²) in [5.41, 5.74) is 1.34. The molecule has 84 valence electrons. The van der Waals surface area contributed by atoms with Crippen LogP contribution in [0.1, 0.15) is 15.9 Å². The molecule has 1 N–H and O–H groups in total. The summed E-state index contributed by atoms with van der Waals surface area (Å²) < 4.78 is 10.2. The highest BCUT2D eigenvalue weighted by atomic mass is 16.5. The van der Waals surface area contributed by atoms with Crippen LogP contribution in [0.3, 0.4) is 0 Å². The number of carbonyl (C=O) groups excluding carboxylic acids is 1. The maximum absolute atomic E-state index is 11.8. The van der Waals surface area contributed by atoms with E-state index in [0.717, 1.165) is 5.56 Å². The number of hydrogen-bond acceptors (Lipinski definition) is 5. The Hall–Kier alpha value is -2.04. The van der Waals surface area contributed by atoms with Crippen molar-refractivity contribution in [2.24, 2.45) is 5.16 Å². The number of ketones is 1. The largest absolute Gasteiger partial charge is 0.497 e. The second kappa shape index (κ2) is 3.84. The van der Waals surface area contributed by atoms with Crippen molar-refractivity contribution >= 4 is 11.5 Å². The Bertz CT molecular complexity index is 479. The van der Waals surface area contributed by atoms with E-state index in [1.807, 2.05) is 0 Å². The van der Waals surface area contributed by atoms with Crippen LogP contribution in [-0.4, -0.2) is 30.9 Å². The minimum Gasteiger partial charge on any atom is -0.497 e. The van der Waals surface area contributed by atoms with Gasteiger partial charge in [-0.2, -0.15) is 0 Å². The molecule has 0 amide bonds. The molecule has 0 bridgehead atoms. The molecule has 0 unspecified atom stereocenters. The van der Waals surface area contributed by atoms with E-state index in [1.165, 1.54) is 7.11 Å². The molecule has 2 rings (SSSR count). The van der Waals surface area contributed by atoms with Crippen LogP contribution in [-0.2, 0) is 6.42 Å². The van der Waals surface area contributed by atoms with E-state index in [4.69, 9.17) is 14.7 Å². The fraction of sp³-hybridized carbons (Fsp3) is 0.273. The minimum atomic E-state index is -0.294. The van der Waals surface area contributed by atoms with Gasteiger partial charge in [0.05, 0.1) is 19.8 Å². The molecule has 0 heterocycles. The number of ether oxygens (including phenoxy) is 2. The van der Waals surface area contributed by atoms with Gasteiger partial charge in [0.15, 0.2) is 0 Å². The highest BCUT2D eigenvalue weighted by Gasteiger charge is 2.31. The first-order valence-electron chi connectivity index (χ1n) is 4.71. The van der Waals surface area contributed by atoms with Crippen LogP contribution in [0.4, 0.5) is 0 Å². The van der Waals surface area contributed by atoms with Crippen molar-refractivity contribution in [3.05, 3.63) is 23.3 Å². The van der Waals surface area contributed by atoms with Gasteiger partial charge in [-0.05, 0) is 11.6 Å². The number of rotatable bonds is 2. The van der Waals surface area contributed by atoms with E-state index in [0.29, 0.717) is 23.5 Å². The normalized spacial score (nSPS) is 16.4. The van der Waals surface area contributed by atoms with Crippen molar-refractivity contribution in [1.29, 1.82) is 0 Å². The summed E-state index contributed by atoms with van der Waals surface area (Å²) in [7, 11) is 3.02. The van der Waals surface area contributed by atoms with Crippen molar-refractivity contribution in [3.8, 4) is 11.5 Å². The van der Waals surface area contributed by atoms with E-state index in [9.17, 15) is 4.79 Å². The number of fused-ring (bicyclic) bond motifs is 1. The Labute approximate surface area is 92.3 Å². The molecule has 0 atom stereocenters. The van der Waals surface area contributed by atoms with Crippen molar-refractivity contribution in [1.82, 2.24) is 0 Å².